The van der Waals surface area contributed by atoms with E-state index in [0.717, 1.165) is 11.4 Å². The molecule has 7 nitrogen and oxygen atoms in total. The number of aromatic nitrogens is 2. The summed E-state index contributed by atoms with van der Waals surface area (Å²) in [5.41, 5.74) is 1.68. The number of nitrogens with one attached hydrogen (secondary N) is 1. The van der Waals surface area contributed by atoms with Gasteiger partial charge in [-0.1, -0.05) is 24.3 Å². The summed E-state index contributed by atoms with van der Waals surface area (Å²) in [6.45, 7) is 1.08. The molecule has 1 fully saturated rings. The highest BCUT2D eigenvalue weighted by atomic mass is 32.2. The third-order valence-corrected chi connectivity index (χ3v) is 7.28. The Morgan fingerprint density at radius 1 is 1.16 bits per heavy atom. The first-order valence-corrected chi connectivity index (χ1v) is 11.5. The summed E-state index contributed by atoms with van der Waals surface area (Å²) in [6.07, 6.45) is 1.22. The van der Waals surface area contributed by atoms with Crippen LogP contribution in [0.15, 0.2) is 59.5 Å². The molecule has 1 aromatic heterocycles. The van der Waals surface area contributed by atoms with E-state index in [1.54, 1.807) is 42.5 Å². The number of rotatable bonds is 8. The number of hydrogen-bond donors (Lipinski definition) is 1. The van der Waals surface area contributed by atoms with Crippen molar-refractivity contribution < 1.29 is 22.3 Å². The largest absolute Gasteiger partial charge is 0.495 e. The molecule has 31 heavy (non-hydrogen) atoms. The van der Waals surface area contributed by atoms with Crippen molar-refractivity contribution in [1.82, 2.24) is 14.5 Å². The molecule has 1 N–H and O–H groups in total. The highest BCUT2D eigenvalue weighted by Gasteiger charge is 2.35. The second-order valence-corrected chi connectivity index (χ2v) is 9.25. The third kappa shape index (κ3) is 4.57. The number of halogens is 1. The lowest BCUT2D eigenvalue weighted by molar-refractivity contribution is 0.304. The first-order valence-electron chi connectivity index (χ1n) is 10.0. The van der Waals surface area contributed by atoms with Crippen molar-refractivity contribution >= 4 is 10.0 Å². The summed E-state index contributed by atoms with van der Waals surface area (Å²) in [5.74, 6) is 0.162. The molecule has 2 heterocycles. The molecule has 0 radical (unpaired) electrons. The van der Waals surface area contributed by atoms with E-state index in [2.05, 4.69) is 10.2 Å². The van der Waals surface area contributed by atoms with E-state index in [4.69, 9.17) is 9.47 Å². The van der Waals surface area contributed by atoms with Crippen molar-refractivity contribution in [2.75, 3.05) is 26.8 Å². The molecule has 1 aliphatic heterocycles. The van der Waals surface area contributed by atoms with Gasteiger partial charge in [0, 0.05) is 31.1 Å². The van der Waals surface area contributed by atoms with Crippen LogP contribution < -0.4 is 9.47 Å². The fourth-order valence-corrected chi connectivity index (χ4v) is 5.36. The minimum atomic E-state index is -3.65. The average molecular weight is 446 g/mol. The SMILES string of the molecule is COc1ccccc1S(=O)(=O)N1CC[C@H](c2cc(CCOc3ccccc3F)[nH]n2)C1. The lowest BCUT2D eigenvalue weighted by atomic mass is 10.0. The Kier molecular flexibility index (Phi) is 6.24. The Balaban J connectivity index is 1.38. The Labute approximate surface area is 180 Å². The number of sulfonamides is 1. The Morgan fingerprint density at radius 3 is 2.68 bits per heavy atom. The predicted octanol–water partition coefficient (Wildman–Crippen LogP) is 3.36. The number of hydrogen-bond acceptors (Lipinski definition) is 5. The van der Waals surface area contributed by atoms with Gasteiger partial charge in [0.15, 0.2) is 11.6 Å². The number of benzene rings is 2. The predicted molar refractivity (Wildman–Crippen MR) is 113 cm³/mol. The fraction of sp³-hybridized carbons (Fsp3) is 0.318. The molecule has 1 saturated heterocycles. The third-order valence-electron chi connectivity index (χ3n) is 5.37. The van der Waals surface area contributed by atoms with E-state index >= 15 is 0 Å². The van der Waals surface area contributed by atoms with Crippen LogP contribution in [-0.2, 0) is 16.4 Å². The van der Waals surface area contributed by atoms with Crippen molar-refractivity contribution in [3.8, 4) is 11.5 Å². The summed E-state index contributed by atoms with van der Waals surface area (Å²) < 4.78 is 51.9. The van der Waals surface area contributed by atoms with Gasteiger partial charge in [0.2, 0.25) is 10.0 Å². The fourth-order valence-electron chi connectivity index (χ4n) is 3.71. The second kappa shape index (κ2) is 9.07. The van der Waals surface area contributed by atoms with E-state index < -0.39 is 15.8 Å². The summed E-state index contributed by atoms with van der Waals surface area (Å²) in [6, 6.07) is 14.8. The quantitative estimate of drug-likeness (QED) is 0.575. The van der Waals surface area contributed by atoms with Gasteiger partial charge < -0.3 is 9.47 Å². The van der Waals surface area contributed by atoms with Crippen molar-refractivity contribution in [2.24, 2.45) is 0 Å². The minimum absolute atomic E-state index is 0.00182. The maximum Gasteiger partial charge on any atom is 0.246 e. The summed E-state index contributed by atoms with van der Waals surface area (Å²) >= 11 is 0. The van der Waals surface area contributed by atoms with Gasteiger partial charge in [-0.05, 0) is 36.8 Å². The van der Waals surface area contributed by atoms with Crippen LogP contribution in [-0.4, -0.2) is 49.7 Å². The molecule has 0 bridgehead atoms. The Hall–Kier alpha value is -2.91. The molecule has 2 aromatic carbocycles. The smallest absolute Gasteiger partial charge is 0.246 e. The van der Waals surface area contributed by atoms with Gasteiger partial charge in [-0.15, -0.1) is 0 Å². The van der Waals surface area contributed by atoms with E-state index in [1.165, 1.54) is 17.5 Å². The molecule has 0 saturated carbocycles. The van der Waals surface area contributed by atoms with Gasteiger partial charge in [-0.3, -0.25) is 5.10 Å². The summed E-state index contributed by atoms with van der Waals surface area (Å²) in [7, 11) is -2.19. The molecule has 0 unspecified atom stereocenters. The number of aromatic amines is 1. The van der Waals surface area contributed by atoms with E-state index in [9.17, 15) is 12.8 Å². The number of H-pyrrole nitrogens is 1. The lowest BCUT2D eigenvalue weighted by Gasteiger charge is -2.18. The zero-order valence-corrected chi connectivity index (χ0v) is 17.9. The normalized spacial score (nSPS) is 17.0. The van der Waals surface area contributed by atoms with E-state index in [-0.39, 0.29) is 16.6 Å². The standard InChI is InChI=1S/C22H24FN3O4S/c1-29-21-8-4-5-9-22(21)31(27,28)26-12-10-16(15-26)19-14-17(24-25-19)11-13-30-20-7-3-2-6-18(20)23/h2-9,14,16H,10-13,15H2,1H3,(H,24,25)/t16-/m0/s1. The first-order chi connectivity index (χ1) is 15.0. The first kappa shape index (κ1) is 21.3. The van der Waals surface area contributed by atoms with Crippen LogP contribution >= 0.6 is 0 Å². The number of methoxy groups -OCH3 is 1. The van der Waals surface area contributed by atoms with Crippen LogP contribution in [0.3, 0.4) is 0 Å². The molecule has 9 heteroatoms. The molecule has 0 amide bonds. The Bertz CT molecular complexity index is 1150. The number of nitrogens with zero attached hydrogens (tertiary/aromatic N) is 2. The lowest BCUT2D eigenvalue weighted by Crippen LogP contribution is -2.29. The highest BCUT2D eigenvalue weighted by Crippen LogP contribution is 2.33. The summed E-state index contributed by atoms with van der Waals surface area (Å²) in [4.78, 5) is 0.172. The average Bonchev–Trinajstić information content (AvgIpc) is 3.45. The van der Waals surface area contributed by atoms with Crippen molar-refractivity contribution in [3.05, 3.63) is 71.8 Å². The summed E-state index contributed by atoms with van der Waals surface area (Å²) in [5, 5.41) is 7.34. The maximum atomic E-state index is 13.6. The molecule has 1 aliphatic rings. The molecule has 0 spiro atoms. The topological polar surface area (TPSA) is 84.5 Å². The van der Waals surface area contributed by atoms with Gasteiger partial charge in [-0.2, -0.15) is 9.40 Å². The number of ether oxygens (including phenoxy) is 2. The molecular weight excluding hydrogens is 421 g/mol. The van der Waals surface area contributed by atoms with Crippen molar-refractivity contribution in [1.29, 1.82) is 0 Å². The van der Waals surface area contributed by atoms with E-state index in [1.807, 2.05) is 6.07 Å². The van der Waals surface area contributed by atoms with Gasteiger partial charge >= 0.3 is 0 Å². The van der Waals surface area contributed by atoms with Crippen LogP contribution in [0.1, 0.15) is 23.7 Å². The van der Waals surface area contributed by atoms with Crippen LogP contribution in [0.25, 0.3) is 0 Å². The molecule has 164 valence electrons. The Morgan fingerprint density at radius 2 is 1.90 bits per heavy atom. The zero-order chi connectivity index (χ0) is 21.8. The monoisotopic (exact) mass is 445 g/mol. The molecular formula is C22H24FN3O4S. The van der Waals surface area contributed by atoms with Gasteiger partial charge in [0.1, 0.15) is 10.6 Å². The van der Waals surface area contributed by atoms with E-state index in [0.29, 0.717) is 38.3 Å². The van der Waals surface area contributed by atoms with Crippen LogP contribution in [0.5, 0.6) is 11.5 Å². The van der Waals surface area contributed by atoms with Crippen LogP contribution in [0.4, 0.5) is 4.39 Å². The van der Waals surface area contributed by atoms with Gasteiger partial charge in [0.25, 0.3) is 0 Å². The number of para-hydroxylation sites is 2. The van der Waals surface area contributed by atoms with Gasteiger partial charge in [0.05, 0.1) is 19.4 Å². The highest BCUT2D eigenvalue weighted by molar-refractivity contribution is 7.89. The van der Waals surface area contributed by atoms with Crippen LogP contribution in [0.2, 0.25) is 0 Å². The van der Waals surface area contributed by atoms with Crippen LogP contribution in [0, 0.1) is 5.82 Å². The van der Waals surface area contributed by atoms with Gasteiger partial charge in [-0.25, -0.2) is 12.8 Å². The van der Waals surface area contributed by atoms with Crippen molar-refractivity contribution in [2.45, 2.75) is 23.7 Å². The molecule has 0 aliphatic carbocycles. The molecule has 3 aromatic rings. The molecule has 4 rings (SSSR count). The maximum absolute atomic E-state index is 13.6. The molecule has 1 atom stereocenters. The minimum Gasteiger partial charge on any atom is -0.495 e. The zero-order valence-electron chi connectivity index (χ0n) is 17.1. The second-order valence-electron chi connectivity index (χ2n) is 7.35. The van der Waals surface area contributed by atoms with Crippen molar-refractivity contribution in [3.63, 3.8) is 0 Å².